The normalized spacial score (nSPS) is 23.5. The van der Waals surface area contributed by atoms with E-state index in [0.717, 1.165) is 24.0 Å². The Bertz CT molecular complexity index is 515. The van der Waals surface area contributed by atoms with Crippen LogP contribution in [0.2, 0.25) is 0 Å². The molecule has 3 fully saturated rings. The van der Waals surface area contributed by atoms with Crippen LogP contribution in [0, 0.1) is 0 Å². The van der Waals surface area contributed by atoms with E-state index >= 15 is 0 Å². The molecular formula is C15H22N4OS. The Morgan fingerprint density at radius 2 is 2.00 bits per heavy atom. The molecule has 0 aromatic carbocycles. The lowest BCUT2D eigenvalue weighted by Gasteiger charge is -2.39. The van der Waals surface area contributed by atoms with Crippen molar-refractivity contribution in [3.63, 3.8) is 0 Å². The van der Waals surface area contributed by atoms with Gasteiger partial charge >= 0.3 is 0 Å². The number of hydrogen-bond donors (Lipinski definition) is 0. The van der Waals surface area contributed by atoms with E-state index in [1.165, 1.54) is 38.5 Å². The molecule has 6 heteroatoms. The largest absolute Gasteiger partial charge is 0.338 e. The summed E-state index contributed by atoms with van der Waals surface area (Å²) < 4.78 is 1.96. The zero-order chi connectivity index (χ0) is 14.2. The van der Waals surface area contributed by atoms with Crippen LogP contribution in [-0.2, 0) is 4.79 Å². The Morgan fingerprint density at radius 3 is 2.71 bits per heavy atom. The van der Waals surface area contributed by atoms with Gasteiger partial charge in [-0.2, -0.15) is 0 Å². The highest BCUT2D eigenvalue weighted by Crippen LogP contribution is 2.39. The first-order valence-corrected chi connectivity index (χ1v) is 9.15. The molecule has 4 rings (SSSR count). The van der Waals surface area contributed by atoms with Crippen molar-refractivity contribution in [3.8, 4) is 0 Å². The molecule has 1 aromatic heterocycles. The molecule has 21 heavy (non-hydrogen) atoms. The van der Waals surface area contributed by atoms with E-state index in [0.29, 0.717) is 23.6 Å². The minimum absolute atomic E-state index is 0.297. The van der Waals surface area contributed by atoms with Gasteiger partial charge < -0.3 is 4.90 Å². The highest BCUT2D eigenvalue weighted by molar-refractivity contribution is 8.00. The second kappa shape index (κ2) is 5.63. The molecular weight excluding hydrogens is 284 g/mol. The molecule has 1 aromatic rings. The van der Waals surface area contributed by atoms with Crippen LogP contribution in [0.3, 0.4) is 0 Å². The topological polar surface area (TPSA) is 51.0 Å². The Balaban J connectivity index is 1.23. The van der Waals surface area contributed by atoms with Crippen molar-refractivity contribution >= 4 is 17.7 Å². The molecule has 2 heterocycles. The Morgan fingerprint density at radius 1 is 1.24 bits per heavy atom. The number of carbonyl (C=O) groups is 1. The zero-order valence-electron chi connectivity index (χ0n) is 12.3. The first-order chi connectivity index (χ1) is 10.3. The number of thioether (sulfide) groups is 1. The lowest BCUT2D eigenvalue weighted by Crippen LogP contribution is -2.51. The van der Waals surface area contributed by atoms with E-state index in [1.807, 2.05) is 21.3 Å². The number of likely N-dealkylation sites (tertiary alicyclic amines) is 1. The quantitative estimate of drug-likeness (QED) is 0.837. The fraction of sp³-hybridized carbons (Fsp3) is 0.800. The van der Waals surface area contributed by atoms with Gasteiger partial charge in [-0.25, -0.2) is 4.68 Å². The summed E-state index contributed by atoms with van der Waals surface area (Å²) >= 11 is 1.86. The monoisotopic (exact) mass is 306 g/mol. The van der Waals surface area contributed by atoms with Crippen molar-refractivity contribution in [1.29, 1.82) is 0 Å². The maximum atomic E-state index is 12.1. The second-order valence-electron chi connectivity index (χ2n) is 6.57. The van der Waals surface area contributed by atoms with Crippen molar-refractivity contribution in [2.24, 2.45) is 0 Å². The van der Waals surface area contributed by atoms with Gasteiger partial charge in [0.15, 0.2) is 0 Å². The first kappa shape index (κ1) is 13.6. The molecule has 2 saturated carbocycles. The predicted octanol–water partition coefficient (Wildman–Crippen LogP) is 2.21. The summed E-state index contributed by atoms with van der Waals surface area (Å²) in [4.78, 5) is 14.1. The Kier molecular flexibility index (Phi) is 3.65. The molecule has 0 atom stereocenters. The molecule has 0 bridgehead atoms. The van der Waals surface area contributed by atoms with Gasteiger partial charge in [0.05, 0.1) is 17.5 Å². The van der Waals surface area contributed by atoms with Crippen LogP contribution in [0.25, 0.3) is 0 Å². The maximum Gasteiger partial charge on any atom is 0.232 e. The number of rotatable bonds is 5. The van der Waals surface area contributed by atoms with Crippen LogP contribution in [0.1, 0.15) is 56.2 Å². The molecule has 0 N–H and O–H groups in total. The number of hydrogen-bond acceptors (Lipinski definition) is 4. The summed E-state index contributed by atoms with van der Waals surface area (Å²) in [7, 11) is 0. The first-order valence-electron chi connectivity index (χ1n) is 8.10. The highest BCUT2D eigenvalue weighted by Gasteiger charge is 2.34. The van der Waals surface area contributed by atoms with Crippen LogP contribution in [0.5, 0.6) is 0 Å². The third kappa shape index (κ3) is 2.96. The molecule has 3 aliphatic rings. The standard InChI is InChI=1S/C15H22N4OS/c20-15(10-21-13-3-1-2-4-13)18-7-12(8-18)19-9-14(16-17-19)11-5-6-11/h9,11-13H,1-8,10H2. The van der Waals surface area contributed by atoms with E-state index < -0.39 is 0 Å². The lowest BCUT2D eigenvalue weighted by atomic mass is 10.1. The van der Waals surface area contributed by atoms with Crippen molar-refractivity contribution in [3.05, 3.63) is 11.9 Å². The van der Waals surface area contributed by atoms with Gasteiger partial charge in [0.1, 0.15) is 0 Å². The smallest absolute Gasteiger partial charge is 0.232 e. The molecule has 5 nitrogen and oxygen atoms in total. The number of aromatic nitrogens is 3. The maximum absolute atomic E-state index is 12.1. The molecule has 1 aliphatic heterocycles. The Labute approximate surface area is 129 Å². The second-order valence-corrected chi connectivity index (χ2v) is 7.86. The van der Waals surface area contributed by atoms with E-state index in [4.69, 9.17) is 0 Å². The minimum Gasteiger partial charge on any atom is -0.338 e. The third-order valence-corrected chi connectivity index (χ3v) is 6.21. The van der Waals surface area contributed by atoms with E-state index in [1.54, 1.807) is 0 Å². The predicted molar refractivity (Wildman–Crippen MR) is 82.3 cm³/mol. The van der Waals surface area contributed by atoms with Gasteiger partial charge in [0, 0.05) is 30.5 Å². The molecule has 0 spiro atoms. The zero-order valence-corrected chi connectivity index (χ0v) is 13.1. The third-order valence-electron chi connectivity index (χ3n) is 4.86. The summed E-state index contributed by atoms with van der Waals surface area (Å²) in [6.07, 6.45) is 9.86. The van der Waals surface area contributed by atoms with Gasteiger partial charge in [0.2, 0.25) is 5.91 Å². The van der Waals surface area contributed by atoms with E-state index in [9.17, 15) is 4.79 Å². The number of carbonyl (C=O) groups excluding carboxylic acids is 1. The van der Waals surface area contributed by atoms with Gasteiger partial charge in [-0.05, 0) is 25.7 Å². The van der Waals surface area contributed by atoms with Crippen molar-refractivity contribution in [2.75, 3.05) is 18.8 Å². The minimum atomic E-state index is 0.297. The van der Waals surface area contributed by atoms with Crippen LogP contribution in [-0.4, -0.2) is 49.9 Å². The number of amides is 1. The molecule has 0 unspecified atom stereocenters. The SMILES string of the molecule is O=C(CSC1CCCC1)N1CC(n2cc(C3CC3)nn2)C1. The van der Waals surface area contributed by atoms with Crippen molar-refractivity contribution in [2.45, 2.75) is 55.7 Å². The summed E-state index contributed by atoms with van der Waals surface area (Å²) in [6, 6.07) is 0.338. The molecule has 2 aliphatic carbocycles. The Hall–Kier alpha value is -1.04. The van der Waals surface area contributed by atoms with Gasteiger partial charge in [0.25, 0.3) is 0 Å². The highest BCUT2D eigenvalue weighted by atomic mass is 32.2. The van der Waals surface area contributed by atoms with Crippen LogP contribution in [0.15, 0.2) is 6.20 Å². The average Bonchev–Trinajstić information content (AvgIpc) is 2.97. The fourth-order valence-electron chi connectivity index (χ4n) is 3.20. The molecule has 0 radical (unpaired) electrons. The molecule has 1 amide bonds. The van der Waals surface area contributed by atoms with Crippen LogP contribution in [0.4, 0.5) is 0 Å². The van der Waals surface area contributed by atoms with Crippen LogP contribution >= 0.6 is 11.8 Å². The fourth-order valence-corrected chi connectivity index (χ4v) is 4.42. The van der Waals surface area contributed by atoms with Gasteiger partial charge in [-0.3, -0.25) is 4.79 Å². The number of nitrogens with zero attached hydrogens (tertiary/aromatic N) is 4. The van der Waals surface area contributed by atoms with Crippen LogP contribution < -0.4 is 0 Å². The van der Waals surface area contributed by atoms with Gasteiger partial charge in [-0.1, -0.05) is 18.1 Å². The summed E-state index contributed by atoms with van der Waals surface area (Å²) in [5.74, 6) is 1.60. The summed E-state index contributed by atoms with van der Waals surface area (Å²) in [5.41, 5.74) is 1.14. The van der Waals surface area contributed by atoms with E-state index in [-0.39, 0.29) is 0 Å². The lowest BCUT2D eigenvalue weighted by molar-refractivity contribution is -0.134. The summed E-state index contributed by atoms with van der Waals surface area (Å²) in [5, 5.41) is 9.20. The summed E-state index contributed by atoms with van der Waals surface area (Å²) in [6.45, 7) is 1.61. The van der Waals surface area contributed by atoms with Gasteiger partial charge in [-0.15, -0.1) is 16.9 Å². The van der Waals surface area contributed by atoms with Crippen molar-refractivity contribution < 1.29 is 4.79 Å². The average molecular weight is 306 g/mol. The van der Waals surface area contributed by atoms with E-state index in [2.05, 4.69) is 16.5 Å². The van der Waals surface area contributed by atoms with Crippen molar-refractivity contribution in [1.82, 2.24) is 19.9 Å². The molecule has 1 saturated heterocycles. The molecule has 114 valence electrons.